The molecule has 0 atom stereocenters. The first-order chi connectivity index (χ1) is 10.1. The third-order valence-corrected chi connectivity index (χ3v) is 3.44. The third kappa shape index (κ3) is 3.43. The zero-order valence-electron chi connectivity index (χ0n) is 12.8. The van der Waals surface area contributed by atoms with E-state index >= 15 is 0 Å². The average molecular weight is 290 g/mol. The number of carbonyl (C=O) groups excluding carboxylic acids is 1. The van der Waals surface area contributed by atoms with Crippen LogP contribution in [0.15, 0.2) is 18.2 Å². The van der Waals surface area contributed by atoms with E-state index in [0.29, 0.717) is 12.3 Å². The number of nitrogens with one attached hydrogen (secondary N) is 1. The molecule has 0 aliphatic carbocycles. The Labute approximate surface area is 124 Å². The van der Waals surface area contributed by atoms with Gasteiger partial charge < -0.3 is 19.7 Å². The van der Waals surface area contributed by atoms with Gasteiger partial charge in [0.25, 0.3) is 0 Å². The molecular weight excluding hydrogens is 268 g/mol. The van der Waals surface area contributed by atoms with Gasteiger partial charge in [-0.15, -0.1) is 0 Å². The van der Waals surface area contributed by atoms with Crippen molar-refractivity contribution in [1.29, 1.82) is 0 Å². The highest BCUT2D eigenvalue weighted by Gasteiger charge is 2.19. The first-order valence-electron chi connectivity index (χ1n) is 7.13. The number of hydrogen-bond acceptors (Lipinski definition) is 4. The van der Waals surface area contributed by atoms with Crippen molar-refractivity contribution >= 4 is 16.9 Å². The molecule has 0 fully saturated rings. The van der Waals surface area contributed by atoms with Crippen molar-refractivity contribution in [3.8, 4) is 0 Å². The Morgan fingerprint density at radius 1 is 1.38 bits per heavy atom. The van der Waals surface area contributed by atoms with E-state index in [4.69, 9.17) is 4.74 Å². The number of hydrogen-bond donors (Lipinski definition) is 2. The quantitative estimate of drug-likeness (QED) is 0.798. The van der Waals surface area contributed by atoms with E-state index < -0.39 is 0 Å². The molecular formula is C16H22N2O3. The zero-order chi connectivity index (χ0) is 15.4. The number of aliphatic hydroxyl groups excluding tert-OH is 1. The Morgan fingerprint density at radius 3 is 2.76 bits per heavy atom. The lowest BCUT2D eigenvalue weighted by molar-refractivity contribution is 0.0519. The van der Waals surface area contributed by atoms with Gasteiger partial charge in [0.15, 0.2) is 0 Å². The Balaban J connectivity index is 2.49. The van der Waals surface area contributed by atoms with Crippen LogP contribution in [0.4, 0.5) is 0 Å². The monoisotopic (exact) mass is 290 g/mol. The van der Waals surface area contributed by atoms with Crippen molar-refractivity contribution in [3.63, 3.8) is 0 Å². The molecule has 0 bridgehead atoms. The second-order valence-electron chi connectivity index (χ2n) is 5.29. The van der Waals surface area contributed by atoms with Gasteiger partial charge in [-0.3, -0.25) is 0 Å². The fourth-order valence-electron chi connectivity index (χ4n) is 2.37. The SMILES string of the molecule is CCOC(=O)c1[nH]c2ccc(CO)cc2c1CCN(C)C. The van der Waals surface area contributed by atoms with Crippen molar-refractivity contribution in [2.24, 2.45) is 0 Å². The summed E-state index contributed by atoms with van der Waals surface area (Å²) in [5.41, 5.74) is 3.20. The summed E-state index contributed by atoms with van der Waals surface area (Å²) in [7, 11) is 4.00. The summed E-state index contributed by atoms with van der Waals surface area (Å²) >= 11 is 0. The van der Waals surface area contributed by atoms with Crippen LogP contribution in [0.3, 0.4) is 0 Å². The molecule has 1 heterocycles. The number of benzene rings is 1. The minimum atomic E-state index is -0.326. The van der Waals surface area contributed by atoms with E-state index in [0.717, 1.165) is 35.0 Å². The lowest BCUT2D eigenvalue weighted by Crippen LogP contribution is -2.17. The number of esters is 1. The maximum atomic E-state index is 12.1. The highest BCUT2D eigenvalue weighted by molar-refractivity contribution is 5.98. The average Bonchev–Trinajstić information content (AvgIpc) is 2.83. The molecule has 0 amide bonds. The van der Waals surface area contributed by atoms with Crippen LogP contribution in [0, 0.1) is 0 Å². The molecule has 5 nitrogen and oxygen atoms in total. The number of aromatic amines is 1. The Bertz CT molecular complexity index is 632. The minimum absolute atomic E-state index is 0.0109. The van der Waals surface area contributed by atoms with Crippen LogP contribution in [0.5, 0.6) is 0 Å². The first kappa shape index (κ1) is 15.5. The van der Waals surface area contributed by atoms with Gasteiger partial charge in [-0.1, -0.05) is 6.07 Å². The second kappa shape index (κ2) is 6.74. The van der Waals surface area contributed by atoms with Gasteiger partial charge in [0.05, 0.1) is 13.2 Å². The highest BCUT2D eigenvalue weighted by Crippen LogP contribution is 2.25. The van der Waals surface area contributed by atoms with Gasteiger partial charge in [-0.05, 0) is 50.7 Å². The Kier molecular flexibility index (Phi) is 4.98. The third-order valence-electron chi connectivity index (χ3n) is 3.44. The molecule has 2 N–H and O–H groups in total. The first-order valence-corrected chi connectivity index (χ1v) is 7.13. The molecule has 1 aromatic heterocycles. The van der Waals surface area contributed by atoms with Crippen LogP contribution in [-0.2, 0) is 17.8 Å². The number of rotatable bonds is 6. The van der Waals surface area contributed by atoms with Crippen molar-refractivity contribution in [1.82, 2.24) is 9.88 Å². The molecule has 1 aromatic carbocycles. The van der Waals surface area contributed by atoms with E-state index in [1.54, 1.807) is 6.92 Å². The van der Waals surface area contributed by atoms with E-state index in [9.17, 15) is 9.90 Å². The molecule has 0 radical (unpaired) electrons. The van der Waals surface area contributed by atoms with Crippen LogP contribution >= 0.6 is 0 Å². The van der Waals surface area contributed by atoms with Crippen LogP contribution in [0.25, 0.3) is 10.9 Å². The van der Waals surface area contributed by atoms with Crippen molar-refractivity contribution in [2.45, 2.75) is 20.0 Å². The van der Waals surface area contributed by atoms with E-state index in [-0.39, 0.29) is 12.6 Å². The number of carbonyl (C=O) groups is 1. The summed E-state index contributed by atoms with van der Waals surface area (Å²) in [4.78, 5) is 17.3. The molecule has 2 rings (SSSR count). The van der Waals surface area contributed by atoms with Gasteiger partial charge >= 0.3 is 5.97 Å². The summed E-state index contributed by atoms with van der Waals surface area (Å²) < 4.78 is 5.13. The zero-order valence-corrected chi connectivity index (χ0v) is 12.8. The molecule has 2 aromatic rings. The number of H-pyrrole nitrogens is 1. The standard InChI is InChI=1S/C16H22N2O3/c1-4-21-16(20)15-12(7-8-18(2)3)13-9-11(10-19)5-6-14(13)17-15/h5-6,9,17,19H,4,7-8,10H2,1-3H3. The van der Waals surface area contributed by atoms with Crippen LogP contribution in [0.1, 0.15) is 28.5 Å². The van der Waals surface area contributed by atoms with Gasteiger partial charge in [0, 0.05) is 17.4 Å². The Morgan fingerprint density at radius 2 is 2.14 bits per heavy atom. The van der Waals surface area contributed by atoms with Crippen molar-refractivity contribution < 1.29 is 14.6 Å². The topological polar surface area (TPSA) is 65.6 Å². The Hall–Kier alpha value is -1.85. The molecule has 114 valence electrons. The van der Waals surface area contributed by atoms with Crippen molar-refractivity contribution in [2.75, 3.05) is 27.2 Å². The van der Waals surface area contributed by atoms with Gasteiger partial charge in [0.2, 0.25) is 0 Å². The molecule has 0 aliphatic heterocycles. The minimum Gasteiger partial charge on any atom is -0.461 e. The fraction of sp³-hybridized carbons (Fsp3) is 0.438. The van der Waals surface area contributed by atoms with E-state index in [2.05, 4.69) is 9.88 Å². The lowest BCUT2D eigenvalue weighted by Gasteiger charge is -2.10. The number of nitrogens with zero attached hydrogens (tertiary/aromatic N) is 1. The number of ether oxygens (including phenoxy) is 1. The molecule has 0 saturated heterocycles. The predicted molar refractivity (Wildman–Crippen MR) is 82.4 cm³/mol. The smallest absolute Gasteiger partial charge is 0.355 e. The van der Waals surface area contributed by atoms with E-state index in [1.807, 2.05) is 32.3 Å². The predicted octanol–water partition coefficient (Wildman–Crippen LogP) is 1.94. The van der Waals surface area contributed by atoms with Crippen molar-refractivity contribution in [3.05, 3.63) is 35.0 Å². The molecule has 0 aliphatic rings. The second-order valence-corrected chi connectivity index (χ2v) is 5.29. The van der Waals surface area contributed by atoms with Gasteiger partial charge in [-0.25, -0.2) is 4.79 Å². The molecule has 0 unspecified atom stereocenters. The number of aliphatic hydroxyl groups is 1. The van der Waals surface area contributed by atoms with E-state index in [1.165, 1.54) is 0 Å². The summed E-state index contributed by atoms with van der Waals surface area (Å²) in [5.74, 6) is -0.326. The summed E-state index contributed by atoms with van der Waals surface area (Å²) in [6, 6.07) is 5.67. The summed E-state index contributed by atoms with van der Waals surface area (Å²) in [5, 5.41) is 10.3. The van der Waals surface area contributed by atoms with Crippen LogP contribution in [0.2, 0.25) is 0 Å². The highest BCUT2D eigenvalue weighted by atomic mass is 16.5. The number of fused-ring (bicyclic) bond motifs is 1. The number of aromatic nitrogens is 1. The fourth-order valence-corrected chi connectivity index (χ4v) is 2.37. The largest absolute Gasteiger partial charge is 0.461 e. The normalized spacial score (nSPS) is 11.3. The number of likely N-dealkylation sites (N-methyl/N-ethyl adjacent to an activating group) is 1. The molecule has 5 heteroatoms. The molecule has 0 spiro atoms. The van der Waals surface area contributed by atoms with Crippen LogP contribution in [-0.4, -0.2) is 48.2 Å². The molecule has 21 heavy (non-hydrogen) atoms. The maximum Gasteiger partial charge on any atom is 0.355 e. The molecule has 0 saturated carbocycles. The van der Waals surface area contributed by atoms with Gasteiger partial charge in [-0.2, -0.15) is 0 Å². The summed E-state index contributed by atoms with van der Waals surface area (Å²) in [6.45, 7) is 2.97. The lowest BCUT2D eigenvalue weighted by atomic mass is 10.0. The van der Waals surface area contributed by atoms with Gasteiger partial charge in [0.1, 0.15) is 5.69 Å². The van der Waals surface area contributed by atoms with Crippen LogP contribution < -0.4 is 0 Å². The summed E-state index contributed by atoms with van der Waals surface area (Å²) in [6.07, 6.45) is 0.746. The maximum absolute atomic E-state index is 12.1.